The van der Waals surface area contributed by atoms with Gasteiger partial charge >= 0.3 is 0 Å². The van der Waals surface area contributed by atoms with Crippen molar-refractivity contribution in [1.82, 2.24) is 15.0 Å². The van der Waals surface area contributed by atoms with Gasteiger partial charge in [-0.15, -0.1) is 11.8 Å². The fraction of sp³-hybridized carbons (Fsp3) is 0.182. The molecule has 82 valence electrons. The minimum absolute atomic E-state index is 0.261. The van der Waals surface area contributed by atoms with Gasteiger partial charge < -0.3 is 5.73 Å². The summed E-state index contributed by atoms with van der Waals surface area (Å²) in [6.45, 7) is 1.80. The average Bonchev–Trinajstić information content (AvgIpc) is 2.28. The first-order valence-corrected chi connectivity index (χ1v) is 6.04. The Morgan fingerprint density at radius 2 is 1.75 bits per heavy atom. The minimum atomic E-state index is 0.261. The van der Waals surface area contributed by atoms with Gasteiger partial charge in [-0.05, 0) is 25.3 Å². The number of thioether (sulfide) groups is 1. The molecule has 0 atom stereocenters. The number of aromatic nitrogens is 3. The van der Waals surface area contributed by atoms with Crippen LogP contribution in [0.15, 0.2) is 29.2 Å². The summed E-state index contributed by atoms with van der Waals surface area (Å²) in [7, 11) is 0. The molecule has 2 N–H and O–H groups in total. The first-order valence-electron chi connectivity index (χ1n) is 4.81. The van der Waals surface area contributed by atoms with Crippen LogP contribution in [0.25, 0.3) is 11.4 Å². The fourth-order valence-corrected chi connectivity index (χ4v) is 1.78. The largest absolute Gasteiger partial charge is 0.368 e. The van der Waals surface area contributed by atoms with Crippen LogP contribution < -0.4 is 5.73 Å². The highest BCUT2D eigenvalue weighted by Gasteiger charge is 2.04. The van der Waals surface area contributed by atoms with E-state index in [0.717, 1.165) is 5.56 Å². The summed E-state index contributed by atoms with van der Waals surface area (Å²) >= 11 is 1.70. The van der Waals surface area contributed by atoms with Gasteiger partial charge in [0.25, 0.3) is 0 Å². The van der Waals surface area contributed by atoms with E-state index in [2.05, 4.69) is 15.0 Å². The maximum Gasteiger partial charge on any atom is 0.223 e. The molecule has 0 unspecified atom stereocenters. The summed E-state index contributed by atoms with van der Waals surface area (Å²) in [6.07, 6.45) is 2.04. The average molecular weight is 232 g/mol. The maximum absolute atomic E-state index is 5.59. The lowest BCUT2D eigenvalue weighted by atomic mass is 10.2. The highest BCUT2D eigenvalue weighted by atomic mass is 32.2. The summed E-state index contributed by atoms with van der Waals surface area (Å²) in [6, 6.07) is 8.05. The van der Waals surface area contributed by atoms with Crippen LogP contribution in [-0.2, 0) is 0 Å². The van der Waals surface area contributed by atoms with Crippen molar-refractivity contribution in [3.05, 3.63) is 30.1 Å². The highest BCUT2D eigenvalue weighted by molar-refractivity contribution is 7.98. The van der Waals surface area contributed by atoms with Crippen molar-refractivity contribution in [2.45, 2.75) is 11.8 Å². The van der Waals surface area contributed by atoms with Crippen LogP contribution in [0.1, 0.15) is 5.82 Å². The normalized spacial score (nSPS) is 10.4. The Morgan fingerprint density at radius 3 is 2.31 bits per heavy atom. The number of aryl methyl sites for hydroxylation is 1. The predicted molar refractivity (Wildman–Crippen MR) is 66.2 cm³/mol. The van der Waals surface area contributed by atoms with E-state index < -0.39 is 0 Å². The summed E-state index contributed by atoms with van der Waals surface area (Å²) in [4.78, 5) is 13.5. The molecule has 0 radical (unpaired) electrons. The van der Waals surface area contributed by atoms with E-state index in [1.807, 2.05) is 30.5 Å². The second-order valence-electron chi connectivity index (χ2n) is 3.29. The van der Waals surface area contributed by atoms with Crippen LogP contribution >= 0.6 is 11.8 Å². The van der Waals surface area contributed by atoms with Crippen LogP contribution in [0, 0.1) is 6.92 Å². The van der Waals surface area contributed by atoms with Gasteiger partial charge in [0, 0.05) is 10.5 Å². The van der Waals surface area contributed by atoms with Crippen LogP contribution in [0.5, 0.6) is 0 Å². The van der Waals surface area contributed by atoms with E-state index in [4.69, 9.17) is 5.73 Å². The molecule has 16 heavy (non-hydrogen) atoms. The first kappa shape index (κ1) is 10.9. The number of hydrogen-bond donors (Lipinski definition) is 1. The Labute approximate surface area is 98.3 Å². The monoisotopic (exact) mass is 232 g/mol. The van der Waals surface area contributed by atoms with Crippen molar-refractivity contribution in [2.75, 3.05) is 12.0 Å². The van der Waals surface area contributed by atoms with Gasteiger partial charge in [0.2, 0.25) is 5.95 Å². The lowest BCUT2D eigenvalue weighted by Crippen LogP contribution is -2.01. The van der Waals surface area contributed by atoms with Crippen molar-refractivity contribution in [3.63, 3.8) is 0 Å². The number of benzene rings is 1. The molecule has 5 heteroatoms. The van der Waals surface area contributed by atoms with Gasteiger partial charge in [-0.3, -0.25) is 0 Å². The Balaban J connectivity index is 2.42. The topological polar surface area (TPSA) is 64.7 Å². The van der Waals surface area contributed by atoms with E-state index in [-0.39, 0.29) is 5.95 Å². The lowest BCUT2D eigenvalue weighted by molar-refractivity contribution is 0.996. The molecule has 0 saturated carbocycles. The molecule has 0 aliphatic rings. The van der Waals surface area contributed by atoms with Gasteiger partial charge in [-0.25, -0.2) is 4.98 Å². The number of hydrogen-bond acceptors (Lipinski definition) is 5. The molecule has 1 aromatic heterocycles. The third kappa shape index (κ3) is 2.30. The second kappa shape index (κ2) is 4.49. The zero-order chi connectivity index (χ0) is 11.5. The summed E-state index contributed by atoms with van der Waals surface area (Å²) in [5, 5.41) is 0. The Hall–Kier alpha value is -1.62. The second-order valence-corrected chi connectivity index (χ2v) is 4.17. The third-order valence-corrected chi connectivity index (χ3v) is 2.86. The summed E-state index contributed by atoms with van der Waals surface area (Å²) in [5.41, 5.74) is 6.54. The van der Waals surface area contributed by atoms with Crippen LogP contribution in [0.4, 0.5) is 5.95 Å². The summed E-state index contributed by atoms with van der Waals surface area (Å²) in [5.74, 6) is 1.52. The molecule has 0 saturated heterocycles. The van der Waals surface area contributed by atoms with Crippen LogP contribution in [0.2, 0.25) is 0 Å². The number of nitrogen functional groups attached to an aromatic ring is 1. The number of nitrogens with two attached hydrogens (primary N) is 1. The smallest absolute Gasteiger partial charge is 0.223 e. The molecular weight excluding hydrogens is 220 g/mol. The van der Waals surface area contributed by atoms with E-state index in [0.29, 0.717) is 11.6 Å². The third-order valence-electron chi connectivity index (χ3n) is 2.11. The molecule has 0 aliphatic carbocycles. The van der Waals surface area contributed by atoms with Crippen molar-refractivity contribution in [1.29, 1.82) is 0 Å². The Bertz CT molecular complexity index is 476. The van der Waals surface area contributed by atoms with Gasteiger partial charge in [0.15, 0.2) is 5.82 Å². The van der Waals surface area contributed by atoms with Crippen molar-refractivity contribution in [2.24, 2.45) is 0 Å². The quantitative estimate of drug-likeness (QED) is 0.804. The zero-order valence-electron chi connectivity index (χ0n) is 9.14. The van der Waals surface area contributed by atoms with E-state index in [9.17, 15) is 0 Å². The standard InChI is InChI=1S/C11H12N4S/c1-7-13-10(15-11(12)14-7)8-3-5-9(16-2)6-4-8/h3-6H,1-2H3,(H2,12,13,14,15). The molecule has 2 rings (SSSR count). The zero-order valence-corrected chi connectivity index (χ0v) is 9.95. The Morgan fingerprint density at radius 1 is 1.06 bits per heavy atom. The maximum atomic E-state index is 5.59. The minimum Gasteiger partial charge on any atom is -0.368 e. The first-order chi connectivity index (χ1) is 7.69. The van der Waals surface area contributed by atoms with Gasteiger partial charge in [-0.1, -0.05) is 12.1 Å². The fourth-order valence-electron chi connectivity index (χ4n) is 1.37. The molecule has 4 nitrogen and oxygen atoms in total. The van der Waals surface area contributed by atoms with Gasteiger partial charge in [-0.2, -0.15) is 9.97 Å². The lowest BCUT2D eigenvalue weighted by Gasteiger charge is -2.03. The van der Waals surface area contributed by atoms with Crippen molar-refractivity contribution in [3.8, 4) is 11.4 Å². The molecule has 1 aromatic carbocycles. The van der Waals surface area contributed by atoms with E-state index in [1.54, 1.807) is 18.7 Å². The molecule has 0 fully saturated rings. The highest BCUT2D eigenvalue weighted by Crippen LogP contribution is 2.20. The van der Waals surface area contributed by atoms with E-state index >= 15 is 0 Å². The van der Waals surface area contributed by atoms with E-state index in [1.165, 1.54) is 4.90 Å². The molecule has 1 heterocycles. The predicted octanol–water partition coefficient (Wildman–Crippen LogP) is 2.15. The van der Waals surface area contributed by atoms with Gasteiger partial charge in [0.1, 0.15) is 5.82 Å². The Kier molecular flexibility index (Phi) is 3.05. The van der Waals surface area contributed by atoms with Crippen molar-refractivity contribution < 1.29 is 0 Å². The van der Waals surface area contributed by atoms with Crippen molar-refractivity contribution >= 4 is 17.7 Å². The van der Waals surface area contributed by atoms with Crippen LogP contribution in [0.3, 0.4) is 0 Å². The summed E-state index contributed by atoms with van der Waals surface area (Å²) < 4.78 is 0. The molecule has 2 aromatic rings. The molecule has 0 spiro atoms. The number of nitrogens with zero attached hydrogens (tertiary/aromatic N) is 3. The van der Waals surface area contributed by atoms with Crippen LogP contribution in [-0.4, -0.2) is 21.2 Å². The molecule has 0 aliphatic heterocycles. The molecular formula is C11H12N4S. The van der Waals surface area contributed by atoms with Gasteiger partial charge in [0.05, 0.1) is 0 Å². The number of anilines is 1. The molecule has 0 amide bonds. The molecule has 0 bridgehead atoms. The SMILES string of the molecule is CSc1ccc(-c2nc(C)nc(N)n2)cc1. The number of rotatable bonds is 2.